The van der Waals surface area contributed by atoms with Gasteiger partial charge in [-0.2, -0.15) is 0 Å². The summed E-state index contributed by atoms with van der Waals surface area (Å²) in [5.74, 6) is 0.0865. The van der Waals surface area contributed by atoms with Crippen molar-refractivity contribution in [3.8, 4) is 0 Å². The molecule has 1 rings (SSSR count). The average molecular weight is 292 g/mol. The van der Waals surface area contributed by atoms with Crippen LogP contribution in [0.1, 0.15) is 32.8 Å². The zero-order valence-electron chi connectivity index (χ0n) is 12.8. The minimum absolute atomic E-state index is 0.0419. The lowest BCUT2D eigenvalue weighted by atomic mass is 10.0. The quantitative estimate of drug-likeness (QED) is 0.716. The molecular formula is C16H24N2O3. The molecule has 0 spiro atoms. The highest BCUT2D eigenvalue weighted by molar-refractivity contribution is 5.88. The first kappa shape index (κ1) is 17.2. The van der Waals surface area contributed by atoms with Crippen molar-refractivity contribution in [3.05, 3.63) is 29.8 Å². The summed E-state index contributed by atoms with van der Waals surface area (Å²) in [6.07, 6.45) is 0.631. The second kappa shape index (κ2) is 8.42. The van der Waals surface area contributed by atoms with E-state index < -0.39 is 0 Å². The number of nitrogens with one attached hydrogen (secondary N) is 2. The van der Waals surface area contributed by atoms with Gasteiger partial charge in [-0.25, -0.2) is 0 Å². The zero-order valence-corrected chi connectivity index (χ0v) is 12.8. The first-order valence-electron chi connectivity index (χ1n) is 7.18. The van der Waals surface area contributed by atoms with Crippen LogP contribution in [0.2, 0.25) is 0 Å². The van der Waals surface area contributed by atoms with Gasteiger partial charge in [0.15, 0.2) is 0 Å². The topological polar surface area (TPSA) is 78.4 Å². The van der Waals surface area contributed by atoms with E-state index in [-0.39, 0.29) is 23.8 Å². The van der Waals surface area contributed by atoms with Crippen molar-refractivity contribution in [1.29, 1.82) is 0 Å². The fraction of sp³-hybridized carbons (Fsp3) is 0.500. The molecule has 0 bridgehead atoms. The maximum Gasteiger partial charge on any atom is 0.224 e. The van der Waals surface area contributed by atoms with Gasteiger partial charge in [0.1, 0.15) is 0 Å². The van der Waals surface area contributed by atoms with E-state index in [2.05, 4.69) is 10.6 Å². The van der Waals surface area contributed by atoms with Gasteiger partial charge in [-0.3, -0.25) is 9.59 Å². The molecule has 5 heteroatoms. The highest BCUT2D eigenvalue weighted by Gasteiger charge is 2.09. The standard InChI is InChI=1S/C16H24N2O3/c1-11(8-12(2)19)10-17-16(21)9-14-4-6-15(7-5-14)18-13(3)20/h4-7,11-12,19H,8-10H2,1-3H3,(H,17,21)(H,18,20). The molecule has 0 heterocycles. The predicted octanol–water partition coefficient (Wildman–Crippen LogP) is 1.71. The van der Waals surface area contributed by atoms with Gasteiger partial charge in [0.25, 0.3) is 0 Å². The summed E-state index contributed by atoms with van der Waals surface area (Å²) < 4.78 is 0. The number of carbonyl (C=O) groups excluding carboxylic acids is 2. The largest absolute Gasteiger partial charge is 0.393 e. The Bertz CT molecular complexity index is 469. The number of benzene rings is 1. The summed E-state index contributed by atoms with van der Waals surface area (Å²) in [5.41, 5.74) is 1.61. The minimum atomic E-state index is -0.349. The van der Waals surface area contributed by atoms with Crippen LogP contribution in [0.25, 0.3) is 0 Å². The summed E-state index contributed by atoms with van der Waals surface area (Å²) in [5, 5.41) is 14.8. The molecule has 0 aliphatic heterocycles. The van der Waals surface area contributed by atoms with Crippen LogP contribution in [0, 0.1) is 5.92 Å². The van der Waals surface area contributed by atoms with Crippen LogP contribution in [-0.4, -0.2) is 29.6 Å². The molecule has 0 aromatic heterocycles. The molecule has 2 unspecified atom stereocenters. The smallest absolute Gasteiger partial charge is 0.224 e. The van der Waals surface area contributed by atoms with Crippen molar-refractivity contribution < 1.29 is 14.7 Å². The van der Waals surface area contributed by atoms with Crippen molar-refractivity contribution in [2.45, 2.75) is 39.7 Å². The number of aliphatic hydroxyl groups excluding tert-OH is 1. The summed E-state index contributed by atoms with van der Waals surface area (Å²) in [7, 11) is 0. The van der Waals surface area contributed by atoms with Crippen LogP contribution < -0.4 is 10.6 Å². The molecule has 0 aliphatic rings. The van der Waals surface area contributed by atoms with Crippen molar-refractivity contribution >= 4 is 17.5 Å². The van der Waals surface area contributed by atoms with Crippen molar-refractivity contribution in [3.63, 3.8) is 0 Å². The third kappa shape index (κ3) is 7.46. The Balaban J connectivity index is 2.39. The second-order valence-electron chi connectivity index (χ2n) is 5.55. The Morgan fingerprint density at radius 3 is 2.33 bits per heavy atom. The van der Waals surface area contributed by atoms with Gasteiger partial charge in [-0.15, -0.1) is 0 Å². The third-order valence-corrected chi connectivity index (χ3v) is 3.03. The molecular weight excluding hydrogens is 268 g/mol. The number of rotatable bonds is 7. The number of carbonyl (C=O) groups is 2. The molecule has 5 nitrogen and oxygen atoms in total. The fourth-order valence-corrected chi connectivity index (χ4v) is 2.11. The van der Waals surface area contributed by atoms with Crippen LogP contribution in [-0.2, 0) is 16.0 Å². The SMILES string of the molecule is CC(=O)Nc1ccc(CC(=O)NCC(C)CC(C)O)cc1. The van der Waals surface area contributed by atoms with Crippen molar-refractivity contribution in [1.82, 2.24) is 5.32 Å². The van der Waals surface area contributed by atoms with Gasteiger partial charge in [-0.1, -0.05) is 19.1 Å². The molecule has 0 aliphatic carbocycles. The molecule has 21 heavy (non-hydrogen) atoms. The molecule has 0 radical (unpaired) electrons. The molecule has 0 fully saturated rings. The zero-order chi connectivity index (χ0) is 15.8. The second-order valence-corrected chi connectivity index (χ2v) is 5.55. The number of hydrogen-bond donors (Lipinski definition) is 3. The van der Waals surface area contributed by atoms with Gasteiger partial charge in [-0.05, 0) is 37.0 Å². The van der Waals surface area contributed by atoms with Crippen LogP contribution >= 0.6 is 0 Å². The summed E-state index contributed by atoms with van der Waals surface area (Å²) in [6, 6.07) is 7.20. The minimum Gasteiger partial charge on any atom is -0.393 e. The van der Waals surface area contributed by atoms with Gasteiger partial charge in [0, 0.05) is 19.2 Å². The Morgan fingerprint density at radius 1 is 1.19 bits per heavy atom. The monoisotopic (exact) mass is 292 g/mol. The van der Waals surface area contributed by atoms with E-state index in [9.17, 15) is 14.7 Å². The van der Waals surface area contributed by atoms with E-state index in [0.717, 1.165) is 11.3 Å². The van der Waals surface area contributed by atoms with Crippen molar-refractivity contribution in [2.75, 3.05) is 11.9 Å². The first-order valence-corrected chi connectivity index (χ1v) is 7.18. The van der Waals surface area contributed by atoms with Gasteiger partial charge in [0.05, 0.1) is 12.5 Å². The summed E-state index contributed by atoms with van der Waals surface area (Å²) in [6.45, 7) is 5.76. The molecule has 0 saturated heterocycles. The Kier molecular flexibility index (Phi) is 6.88. The molecule has 116 valence electrons. The maximum absolute atomic E-state index is 11.8. The molecule has 3 N–H and O–H groups in total. The van der Waals surface area contributed by atoms with Crippen LogP contribution in [0.4, 0.5) is 5.69 Å². The van der Waals surface area contributed by atoms with E-state index in [1.54, 1.807) is 19.1 Å². The Morgan fingerprint density at radius 2 is 1.81 bits per heavy atom. The highest BCUT2D eigenvalue weighted by atomic mass is 16.3. The number of amides is 2. The van der Waals surface area contributed by atoms with Crippen LogP contribution in [0.3, 0.4) is 0 Å². The number of aliphatic hydroxyl groups is 1. The van der Waals surface area contributed by atoms with E-state index in [1.165, 1.54) is 6.92 Å². The molecule has 2 amide bonds. The predicted molar refractivity (Wildman–Crippen MR) is 82.9 cm³/mol. The lowest BCUT2D eigenvalue weighted by Crippen LogP contribution is -2.30. The van der Waals surface area contributed by atoms with E-state index >= 15 is 0 Å². The van der Waals surface area contributed by atoms with Gasteiger partial charge in [0.2, 0.25) is 11.8 Å². The average Bonchev–Trinajstić information content (AvgIpc) is 2.37. The number of hydrogen-bond acceptors (Lipinski definition) is 3. The van der Waals surface area contributed by atoms with Gasteiger partial charge < -0.3 is 15.7 Å². The van der Waals surface area contributed by atoms with E-state index in [0.29, 0.717) is 19.4 Å². The van der Waals surface area contributed by atoms with E-state index in [1.807, 2.05) is 19.1 Å². The normalized spacial score (nSPS) is 13.3. The Labute approximate surface area is 125 Å². The molecule has 1 aromatic carbocycles. The lowest BCUT2D eigenvalue weighted by molar-refractivity contribution is -0.120. The number of anilines is 1. The third-order valence-electron chi connectivity index (χ3n) is 3.03. The summed E-state index contributed by atoms with van der Waals surface area (Å²) in [4.78, 5) is 22.7. The van der Waals surface area contributed by atoms with E-state index in [4.69, 9.17) is 0 Å². The molecule has 2 atom stereocenters. The fourth-order valence-electron chi connectivity index (χ4n) is 2.11. The van der Waals surface area contributed by atoms with Gasteiger partial charge >= 0.3 is 0 Å². The Hall–Kier alpha value is -1.88. The van der Waals surface area contributed by atoms with Crippen LogP contribution in [0.15, 0.2) is 24.3 Å². The molecule has 1 aromatic rings. The first-order chi connectivity index (χ1) is 9.86. The van der Waals surface area contributed by atoms with Crippen LogP contribution in [0.5, 0.6) is 0 Å². The highest BCUT2D eigenvalue weighted by Crippen LogP contribution is 2.10. The summed E-state index contributed by atoms with van der Waals surface area (Å²) >= 11 is 0. The molecule has 0 saturated carbocycles. The lowest BCUT2D eigenvalue weighted by Gasteiger charge is -2.14. The van der Waals surface area contributed by atoms with Crippen molar-refractivity contribution in [2.24, 2.45) is 5.92 Å². The maximum atomic E-state index is 11.8.